The molecule has 0 bridgehead atoms. The molecule has 5 heteroatoms. The van der Waals surface area contributed by atoms with Crippen LogP contribution in [0.15, 0.2) is 72.9 Å². The molecule has 0 saturated carbocycles. The molecule has 0 amide bonds. The van der Waals surface area contributed by atoms with Crippen LogP contribution in [0.25, 0.3) is 33.2 Å². The van der Waals surface area contributed by atoms with Gasteiger partial charge in [-0.15, -0.1) is 29.1 Å². The minimum atomic E-state index is 0. The summed E-state index contributed by atoms with van der Waals surface area (Å²) in [6.45, 7) is 14.9. The van der Waals surface area contributed by atoms with Crippen molar-refractivity contribution >= 4 is 16.6 Å². The van der Waals surface area contributed by atoms with Crippen LogP contribution in [0, 0.1) is 17.9 Å². The molecular formula is C39H47IrN2O2-. The molecule has 1 radical (unpaired) electrons. The number of carbonyl (C=O) groups excluding carboxylic acids is 1. The first kappa shape index (κ1) is 35.3. The number of allylic oxidation sites excluding steroid dienone is 2. The number of ketones is 1. The van der Waals surface area contributed by atoms with Crippen LogP contribution in [0.5, 0.6) is 0 Å². The average molecular weight is 768 g/mol. The van der Waals surface area contributed by atoms with E-state index >= 15 is 0 Å². The Morgan fingerprint density at radius 2 is 1.57 bits per heavy atom. The summed E-state index contributed by atoms with van der Waals surface area (Å²) in [4.78, 5) is 20.9. The Morgan fingerprint density at radius 3 is 2.23 bits per heavy atom. The van der Waals surface area contributed by atoms with Crippen molar-refractivity contribution < 1.29 is 30.0 Å². The van der Waals surface area contributed by atoms with E-state index in [1.54, 1.807) is 0 Å². The molecule has 0 fully saturated rings. The summed E-state index contributed by atoms with van der Waals surface area (Å²) in [6, 6.07) is 18.8. The van der Waals surface area contributed by atoms with Gasteiger partial charge in [0.05, 0.1) is 5.76 Å². The van der Waals surface area contributed by atoms with E-state index in [2.05, 4.69) is 74.3 Å². The van der Waals surface area contributed by atoms with E-state index in [1.807, 2.05) is 46.3 Å². The van der Waals surface area contributed by atoms with Crippen molar-refractivity contribution in [3.05, 3.63) is 95.6 Å². The van der Waals surface area contributed by atoms with Crippen molar-refractivity contribution in [2.45, 2.75) is 92.4 Å². The van der Waals surface area contributed by atoms with Crippen LogP contribution in [0.4, 0.5) is 0 Å². The Balaban J connectivity index is 0.000000286. The monoisotopic (exact) mass is 768 g/mol. The number of aliphatic hydroxyl groups excluding tert-OH is 1. The fraction of sp³-hybridized carbons (Fsp3) is 0.410. The van der Waals surface area contributed by atoms with Crippen molar-refractivity contribution in [2.75, 3.05) is 0 Å². The van der Waals surface area contributed by atoms with Crippen molar-refractivity contribution in [3.63, 3.8) is 0 Å². The molecule has 2 heterocycles. The minimum Gasteiger partial charge on any atom is -0.512 e. The number of pyridine rings is 2. The van der Waals surface area contributed by atoms with Gasteiger partial charge in [-0.1, -0.05) is 83.7 Å². The van der Waals surface area contributed by atoms with E-state index in [0.29, 0.717) is 0 Å². The van der Waals surface area contributed by atoms with E-state index in [-0.39, 0.29) is 48.9 Å². The number of hydrogen-bond acceptors (Lipinski definition) is 4. The van der Waals surface area contributed by atoms with E-state index in [9.17, 15) is 9.90 Å². The molecule has 0 saturated heterocycles. The summed E-state index contributed by atoms with van der Waals surface area (Å²) < 4.78 is 0. The smallest absolute Gasteiger partial charge is 0.162 e. The summed E-state index contributed by atoms with van der Waals surface area (Å²) in [5.41, 5.74) is 8.60. The Bertz CT molecular complexity index is 1590. The zero-order valence-electron chi connectivity index (χ0n) is 27.3. The summed E-state index contributed by atoms with van der Waals surface area (Å²) >= 11 is 0. The molecule has 4 aromatic rings. The van der Waals surface area contributed by atoms with E-state index in [0.717, 1.165) is 55.2 Å². The van der Waals surface area contributed by atoms with E-state index in [1.165, 1.54) is 39.3 Å². The van der Waals surface area contributed by atoms with Crippen LogP contribution >= 0.6 is 0 Å². The van der Waals surface area contributed by atoms with Crippen LogP contribution in [0.2, 0.25) is 0 Å². The third-order valence-corrected chi connectivity index (χ3v) is 8.79. The van der Waals surface area contributed by atoms with Gasteiger partial charge in [0.15, 0.2) is 5.78 Å². The van der Waals surface area contributed by atoms with E-state index in [4.69, 9.17) is 4.98 Å². The molecule has 0 unspecified atom stereocenters. The first-order valence-electron chi connectivity index (χ1n) is 15.9. The summed E-state index contributed by atoms with van der Waals surface area (Å²) in [6.07, 6.45) is 12.9. The SMILES string of the molecule is CC(C)(C)c1cc(-c2cc3c(cn2)CCc2ccncc2-3)[c-]c2ccccc12.CCC(CC)C(=O)/C=C(\O)C(CC)CC.[Ir]. The first-order chi connectivity index (χ1) is 20.6. The number of rotatable bonds is 8. The molecule has 2 aromatic carbocycles. The quantitative estimate of drug-likeness (QED) is 0.110. The van der Waals surface area contributed by atoms with Crippen LogP contribution in [0.1, 0.15) is 90.8 Å². The average Bonchev–Trinajstić information content (AvgIpc) is 3.01. The maximum Gasteiger partial charge on any atom is 0.162 e. The number of nitrogens with zero attached hydrogens (tertiary/aromatic N) is 2. The second-order valence-corrected chi connectivity index (χ2v) is 12.7. The molecule has 235 valence electrons. The molecule has 44 heavy (non-hydrogen) atoms. The van der Waals surface area contributed by atoms with Crippen LogP contribution in [-0.4, -0.2) is 20.9 Å². The van der Waals surface area contributed by atoms with Gasteiger partial charge in [0.25, 0.3) is 0 Å². The predicted molar refractivity (Wildman–Crippen MR) is 179 cm³/mol. The van der Waals surface area contributed by atoms with Gasteiger partial charge in [0.2, 0.25) is 0 Å². The Morgan fingerprint density at radius 1 is 0.909 bits per heavy atom. The van der Waals surface area contributed by atoms with Crippen molar-refractivity contribution in [2.24, 2.45) is 11.8 Å². The van der Waals surface area contributed by atoms with Gasteiger partial charge >= 0.3 is 0 Å². The number of aromatic nitrogens is 2. The van der Waals surface area contributed by atoms with Gasteiger partial charge in [0.1, 0.15) is 0 Å². The number of aliphatic hydroxyl groups is 1. The molecule has 0 spiro atoms. The Labute approximate surface area is 277 Å². The maximum atomic E-state index is 11.7. The zero-order chi connectivity index (χ0) is 31.1. The van der Waals surface area contributed by atoms with Gasteiger partial charge < -0.3 is 5.11 Å². The van der Waals surface area contributed by atoms with Gasteiger partial charge in [0, 0.05) is 67.9 Å². The molecule has 1 aliphatic rings. The molecule has 1 aliphatic carbocycles. The van der Waals surface area contributed by atoms with Crippen LogP contribution < -0.4 is 0 Å². The van der Waals surface area contributed by atoms with E-state index < -0.39 is 0 Å². The van der Waals surface area contributed by atoms with Gasteiger partial charge in [-0.25, -0.2) is 0 Å². The number of benzene rings is 2. The number of aryl methyl sites for hydroxylation is 2. The normalized spacial score (nSPS) is 12.7. The first-order valence-corrected chi connectivity index (χ1v) is 15.9. The fourth-order valence-corrected chi connectivity index (χ4v) is 6.00. The molecule has 4 nitrogen and oxygen atoms in total. The molecule has 1 N–H and O–H groups in total. The van der Waals surface area contributed by atoms with Crippen LogP contribution in [0.3, 0.4) is 0 Å². The van der Waals surface area contributed by atoms with Crippen molar-refractivity contribution in [3.8, 4) is 22.4 Å². The van der Waals surface area contributed by atoms with Crippen LogP contribution in [-0.2, 0) is 43.2 Å². The molecule has 0 atom stereocenters. The third-order valence-electron chi connectivity index (χ3n) is 8.79. The predicted octanol–water partition coefficient (Wildman–Crippen LogP) is 10.0. The zero-order valence-corrected chi connectivity index (χ0v) is 29.7. The molecule has 2 aromatic heterocycles. The summed E-state index contributed by atoms with van der Waals surface area (Å²) in [5.74, 6) is 0.547. The minimum absolute atomic E-state index is 0. The summed E-state index contributed by atoms with van der Waals surface area (Å²) in [7, 11) is 0. The number of hydrogen-bond donors (Lipinski definition) is 1. The second kappa shape index (κ2) is 15.7. The fourth-order valence-electron chi connectivity index (χ4n) is 6.00. The summed E-state index contributed by atoms with van der Waals surface area (Å²) in [5, 5.41) is 12.2. The van der Waals surface area contributed by atoms with Crippen molar-refractivity contribution in [1.29, 1.82) is 0 Å². The second-order valence-electron chi connectivity index (χ2n) is 12.7. The number of carbonyl (C=O) groups is 1. The third kappa shape index (κ3) is 8.11. The Hall–Kier alpha value is -3.14. The Kier molecular flexibility index (Phi) is 12.6. The topological polar surface area (TPSA) is 63.1 Å². The standard InChI is InChI=1S/C26H23N2.C13H24O2.Ir/c1-26(2,3)24-13-20(12-18-6-4-5-7-21(18)24)25-14-22-19(15-28-25)9-8-17-10-11-27-16-23(17)22;1-5-10(6-2)12(14)9-13(15)11(7-3)8-4;/h4-7,10-11,13-16H,8-9H2,1-3H3;9-11,14H,5-8H2,1-4H3;/q-1;;/b;12-9-;. The van der Waals surface area contributed by atoms with Gasteiger partial charge in [-0.05, 0) is 66.7 Å². The molecular weight excluding hydrogens is 721 g/mol. The largest absolute Gasteiger partial charge is 0.512 e. The maximum absolute atomic E-state index is 11.7. The number of fused-ring (bicyclic) bond motifs is 4. The van der Waals surface area contributed by atoms with Gasteiger partial charge in [-0.2, -0.15) is 0 Å². The van der Waals surface area contributed by atoms with Gasteiger partial charge in [-0.3, -0.25) is 14.8 Å². The van der Waals surface area contributed by atoms with Crippen molar-refractivity contribution in [1.82, 2.24) is 9.97 Å². The molecule has 0 aliphatic heterocycles. The molecule has 5 rings (SSSR count).